The number of rotatable bonds is 3. The topological polar surface area (TPSA) is 32.6 Å². The summed E-state index contributed by atoms with van der Waals surface area (Å²) in [7, 11) is 0. The third-order valence-electron chi connectivity index (χ3n) is 0.744. The van der Waals surface area contributed by atoms with E-state index in [-0.39, 0.29) is 0 Å². The summed E-state index contributed by atoms with van der Waals surface area (Å²) in [5.41, 5.74) is 0. The van der Waals surface area contributed by atoms with Crippen molar-refractivity contribution < 1.29 is 5.21 Å². The Balaban J connectivity index is 3.07. The zero-order chi connectivity index (χ0) is 6.24. The van der Waals surface area contributed by atoms with Crippen molar-refractivity contribution in [2.75, 3.05) is 0 Å². The summed E-state index contributed by atoms with van der Waals surface area (Å²) in [6, 6.07) is 0. The van der Waals surface area contributed by atoms with Gasteiger partial charge in [0.15, 0.2) is 0 Å². The maximum atomic E-state index is 7.88. The molecular formula is C6H11NO. The van der Waals surface area contributed by atoms with Crippen LogP contribution in [0.2, 0.25) is 0 Å². The standard InChI is InChI=1S/C6H11NO/c1-2-3-4-5-6-7-8/h4-6,8H,2-3H2,1H3. The van der Waals surface area contributed by atoms with E-state index in [1.54, 1.807) is 6.08 Å². The average molecular weight is 113 g/mol. The molecule has 0 unspecified atom stereocenters. The predicted octanol–water partition coefficient (Wildman–Crippen LogP) is 1.80. The summed E-state index contributed by atoms with van der Waals surface area (Å²) < 4.78 is 0. The molecule has 46 valence electrons. The van der Waals surface area contributed by atoms with Gasteiger partial charge in [-0.05, 0) is 12.5 Å². The molecule has 0 aromatic carbocycles. The number of nitrogens with zero attached hydrogens (tertiary/aromatic N) is 1. The van der Waals surface area contributed by atoms with Gasteiger partial charge in [-0.2, -0.15) is 0 Å². The monoisotopic (exact) mass is 113 g/mol. The van der Waals surface area contributed by atoms with Gasteiger partial charge in [-0.1, -0.05) is 24.6 Å². The first-order valence-corrected chi connectivity index (χ1v) is 2.74. The first-order chi connectivity index (χ1) is 3.91. The Bertz CT molecular complexity index is 86.5. The van der Waals surface area contributed by atoms with Crippen LogP contribution in [-0.2, 0) is 0 Å². The lowest BCUT2D eigenvalue weighted by atomic mass is 10.3. The smallest absolute Gasteiger partial charge is 0.0658 e. The largest absolute Gasteiger partial charge is 0.411 e. The summed E-state index contributed by atoms with van der Waals surface area (Å²) in [5, 5.41) is 10.7. The summed E-state index contributed by atoms with van der Waals surface area (Å²) in [5.74, 6) is 0. The van der Waals surface area contributed by atoms with E-state index in [9.17, 15) is 0 Å². The zero-order valence-corrected chi connectivity index (χ0v) is 5.04. The summed E-state index contributed by atoms with van der Waals surface area (Å²) in [6.45, 7) is 2.10. The van der Waals surface area contributed by atoms with Gasteiger partial charge in [0.25, 0.3) is 0 Å². The summed E-state index contributed by atoms with van der Waals surface area (Å²) >= 11 is 0. The molecule has 0 bridgehead atoms. The zero-order valence-electron chi connectivity index (χ0n) is 5.04. The Kier molecular flexibility index (Phi) is 5.60. The molecule has 1 N–H and O–H groups in total. The van der Waals surface area contributed by atoms with Gasteiger partial charge in [0.2, 0.25) is 0 Å². The maximum Gasteiger partial charge on any atom is 0.0658 e. The van der Waals surface area contributed by atoms with Gasteiger partial charge in [0.05, 0.1) is 6.21 Å². The quantitative estimate of drug-likeness (QED) is 0.338. The summed E-state index contributed by atoms with van der Waals surface area (Å²) in [4.78, 5) is 0. The summed E-state index contributed by atoms with van der Waals surface area (Å²) in [6.07, 6.45) is 7.22. The molecule has 0 heterocycles. The molecule has 0 aromatic rings. The van der Waals surface area contributed by atoms with Crippen LogP contribution >= 0.6 is 0 Å². The minimum absolute atomic E-state index is 1.05. The molecule has 8 heavy (non-hydrogen) atoms. The third-order valence-corrected chi connectivity index (χ3v) is 0.744. The van der Waals surface area contributed by atoms with Crippen LogP contribution in [0.5, 0.6) is 0 Å². The van der Waals surface area contributed by atoms with Gasteiger partial charge in [0, 0.05) is 0 Å². The second kappa shape index (κ2) is 6.21. The number of hydrogen-bond acceptors (Lipinski definition) is 2. The van der Waals surface area contributed by atoms with E-state index in [1.165, 1.54) is 6.21 Å². The van der Waals surface area contributed by atoms with Gasteiger partial charge >= 0.3 is 0 Å². The molecular weight excluding hydrogens is 102 g/mol. The average Bonchev–Trinajstić information content (AvgIpc) is 1.81. The van der Waals surface area contributed by atoms with Crippen LogP contribution in [-0.4, -0.2) is 11.4 Å². The van der Waals surface area contributed by atoms with Crippen LogP contribution < -0.4 is 0 Å². The van der Waals surface area contributed by atoms with E-state index in [2.05, 4.69) is 12.1 Å². The van der Waals surface area contributed by atoms with Crippen LogP contribution in [0.1, 0.15) is 19.8 Å². The van der Waals surface area contributed by atoms with Gasteiger partial charge in [0.1, 0.15) is 0 Å². The van der Waals surface area contributed by atoms with E-state index in [0.717, 1.165) is 12.8 Å². The molecule has 0 atom stereocenters. The highest BCUT2D eigenvalue weighted by molar-refractivity contribution is 5.70. The maximum absolute atomic E-state index is 7.88. The van der Waals surface area contributed by atoms with Gasteiger partial charge in [-0.15, -0.1) is 0 Å². The Hall–Kier alpha value is -0.790. The van der Waals surface area contributed by atoms with Crippen LogP contribution in [0, 0.1) is 0 Å². The molecule has 0 aliphatic heterocycles. The molecule has 0 spiro atoms. The molecule has 0 aromatic heterocycles. The van der Waals surface area contributed by atoms with Gasteiger partial charge in [-0.25, -0.2) is 0 Å². The normalized spacial score (nSPS) is 11.6. The highest BCUT2D eigenvalue weighted by Gasteiger charge is 1.68. The lowest BCUT2D eigenvalue weighted by Gasteiger charge is -1.77. The molecule has 2 nitrogen and oxygen atoms in total. The number of unbranched alkanes of at least 4 members (excludes halogenated alkanes) is 1. The Morgan fingerprint density at radius 1 is 1.62 bits per heavy atom. The van der Waals surface area contributed by atoms with Gasteiger partial charge in [-0.3, -0.25) is 0 Å². The molecule has 0 saturated heterocycles. The van der Waals surface area contributed by atoms with Crippen LogP contribution in [0.15, 0.2) is 17.3 Å². The molecule has 2 heteroatoms. The van der Waals surface area contributed by atoms with Crippen molar-refractivity contribution >= 4 is 6.21 Å². The molecule has 0 aliphatic carbocycles. The Morgan fingerprint density at radius 3 is 2.88 bits per heavy atom. The van der Waals surface area contributed by atoms with Crippen LogP contribution in [0.25, 0.3) is 0 Å². The lowest BCUT2D eigenvalue weighted by Crippen LogP contribution is -1.63. The number of oxime groups is 1. The first-order valence-electron chi connectivity index (χ1n) is 2.74. The Labute approximate surface area is 49.5 Å². The van der Waals surface area contributed by atoms with Crippen LogP contribution in [0.3, 0.4) is 0 Å². The molecule has 0 aliphatic rings. The second-order valence-electron chi connectivity index (χ2n) is 1.48. The highest BCUT2D eigenvalue weighted by atomic mass is 16.4. The highest BCUT2D eigenvalue weighted by Crippen LogP contribution is 1.85. The fourth-order valence-corrected chi connectivity index (χ4v) is 0.362. The van der Waals surface area contributed by atoms with Crippen molar-refractivity contribution in [1.29, 1.82) is 0 Å². The van der Waals surface area contributed by atoms with Crippen molar-refractivity contribution in [1.82, 2.24) is 0 Å². The third kappa shape index (κ3) is 5.21. The molecule has 0 amide bonds. The van der Waals surface area contributed by atoms with E-state index in [0.29, 0.717) is 0 Å². The molecule has 0 saturated carbocycles. The number of allylic oxidation sites excluding steroid dienone is 2. The van der Waals surface area contributed by atoms with Crippen molar-refractivity contribution in [2.45, 2.75) is 19.8 Å². The molecule has 0 rings (SSSR count). The van der Waals surface area contributed by atoms with E-state index in [1.807, 2.05) is 6.08 Å². The van der Waals surface area contributed by atoms with E-state index >= 15 is 0 Å². The number of hydrogen-bond donors (Lipinski definition) is 1. The minimum atomic E-state index is 1.05. The van der Waals surface area contributed by atoms with Crippen molar-refractivity contribution in [2.24, 2.45) is 5.16 Å². The molecule has 0 radical (unpaired) electrons. The first kappa shape index (κ1) is 7.21. The van der Waals surface area contributed by atoms with E-state index < -0.39 is 0 Å². The van der Waals surface area contributed by atoms with Crippen molar-refractivity contribution in [3.05, 3.63) is 12.2 Å². The predicted molar refractivity (Wildman–Crippen MR) is 34.3 cm³/mol. The lowest BCUT2D eigenvalue weighted by molar-refractivity contribution is 0.322. The molecule has 0 fully saturated rings. The van der Waals surface area contributed by atoms with Gasteiger partial charge < -0.3 is 5.21 Å². The van der Waals surface area contributed by atoms with Crippen LogP contribution in [0.4, 0.5) is 0 Å². The SMILES string of the molecule is CCCC=CC=NO. The van der Waals surface area contributed by atoms with E-state index in [4.69, 9.17) is 5.21 Å². The second-order valence-corrected chi connectivity index (χ2v) is 1.48. The Morgan fingerprint density at radius 2 is 2.38 bits per heavy atom. The fraction of sp³-hybridized carbons (Fsp3) is 0.500. The minimum Gasteiger partial charge on any atom is -0.411 e. The fourth-order valence-electron chi connectivity index (χ4n) is 0.362. The van der Waals surface area contributed by atoms with Crippen molar-refractivity contribution in [3.8, 4) is 0 Å². The van der Waals surface area contributed by atoms with Crippen molar-refractivity contribution in [3.63, 3.8) is 0 Å².